The molecule has 7 heteroatoms. The molecule has 0 atom stereocenters. The number of halogens is 2. The molecule has 3 rings (SSSR count). The zero-order valence-electron chi connectivity index (χ0n) is 13.4. The highest BCUT2D eigenvalue weighted by atomic mass is 35.5. The molecule has 5 nitrogen and oxygen atoms in total. The van der Waals surface area contributed by atoms with Crippen molar-refractivity contribution in [1.29, 1.82) is 0 Å². The van der Waals surface area contributed by atoms with Gasteiger partial charge in [-0.15, -0.1) is 0 Å². The van der Waals surface area contributed by atoms with Crippen molar-refractivity contribution < 1.29 is 9.53 Å². The summed E-state index contributed by atoms with van der Waals surface area (Å²) in [5, 5.41) is 8.21. The summed E-state index contributed by atoms with van der Waals surface area (Å²) < 4.78 is 6.77. The third kappa shape index (κ3) is 4.32. The number of amides is 1. The number of methoxy groups -OCH3 is 1. The van der Waals surface area contributed by atoms with Crippen LogP contribution in [0.3, 0.4) is 0 Å². The summed E-state index contributed by atoms with van der Waals surface area (Å²) in [5.74, 6) is 0.482. The van der Waals surface area contributed by atoms with Gasteiger partial charge in [0.1, 0.15) is 5.75 Å². The Morgan fingerprint density at radius 2 is 1.96 bits per heavy atom. The SMILES string of the molecule is COc1ccc(C(=O)Nc2cnn(Cc3ccc(Cl)cc3Cl)c2)cc1. The van der Waals surface area contributed by atoms with Crippen molar-refractivity contribution in [3.05, 3.63) is 76.0 Å². The van der Waals surface area contributed by atoms with Crippen LogP contribution in [0.15, 0.2) is 54.9 Å². The summed E-state index contributed by atoms with van der Waals surface area (Å²) in [5.41, 5.74) is 2.03. The zero-order valence-corrected chi connectivity index (χ0v) is 14.9. The van der Waals surface area contributed by atoms with E-state index in [1.807, 2.05) is 6.07 Å². The van der Waals surface area contributed by atoms with Crippen LogP contribution in [0.5, 0.6) is 5.75 Å². The Hall–Kier alpha value is -2.50. The molecule has 0 unspecified atom stereocenters. The van der Waals surface area contributed by atoms with Crippen molar-refractivity contribution in [2.75, 3.05) is 12.4 Å². The van der Waals surface area contributed by atoms with Crippen LogP contribution in [-0.4, -0.2) is 22.8 Å². The number of anilines is 1. The van der Waals surface area contributed by atoms with Crippen LogP contribution in [0.1, 0.15) is 15.9 Å². The highest BCUT2D eigenvalue weighted by Gasteiger charge is 2.09. The van der Waals surface area contributed by atoms with Crippen LogP contribution in [0, 0.1) is 0 Å². The van der Waals surface area contributed by atoms with Gasteiger partial charge in [-0.25, -0.2) is 0 Å². The highest BCUT2D eigenvalue weighted by molar-refractivity contribution is 6.35. The van der Waals surface area contributed by atoms with Crippen LogP contribution in [0.4, 0.5) is 5.69 Å². The van der Waals surface area contributed by atoms with Crippen molar-refractivity contribution in [1.82, 2.24) is 9.78 Å². The van der Waals surface area contributed by atoms with Crippen molar-refractivity contribution in [3.63, 3.8) is 0 Å². The Morgan fingerprint density at radius 1 is 1.20 bits per heavy atom. The lowest BCUT2D eigenvalue weighted by atomic mass is 10.2. The Morgan fingerprint density at radius 3 is 2.64 bits per heavy atom. The molecule has 0 saturated heterocycles. The number of nitrogens with one attached hydrogen (secondary N) is 1. The summed E-state index contributed by atoms with van der Waals surface area (Å²) in [6, 6.07) is 12.2. The van der Waals surface area contributed by atoms with Gasteiger partial charge in [0.2, 0.25) is 0 Å². The predicted molar refractivity (Wildman–Crippen MR) is 98.7 cm³/mol. The topological polar surface area (TPSA) is 56.1 Å². The van der Waals surface area contributed by atoms with Gasteiger partial charge in [0.25, 0.3) is 5.91 Å². The molecule has 0 spiro atoms. The summed E-state index contributed by atoms with van der Waals surface area (Å²) in [6.07, 6.45) is 3.33. The molecule has 128 valence electrons. The molecular weight excluding hydrogens is 361 g/mol. The molecule has 0 bridgehead atoms. The van der Waals surface area contributed by atoms with Gasteiger partial charge in [-0.2, -0.15) is 5.10 Å². The Balaban J connectivity index is 1.67. The van der Waals surface area contributed by atoms with Gasteiger partial charge < -0.3 is 10.1 Å². The lowest BCUT2D eigenvalue weighted by molar-refractivity contribution is 0.102. The minimum Gasteiger partial charge on any atom is -0.497 e. The van der Waals surface area contributed by atoms with Crippen molar-refractivity contribution in [2.45, 2.75) is 6.54 Å². The molecule has 3 aromatic rings. The summed E-state index contributed by atoms with van der Waals surface area (Å²) >= 11 is 12.1. The van der Waals surface area contributed by atoms with E-state index in [9.17, 15) is 4.79 Å². The summed E-state index contributed by atoms with van der Waals surface area (Å²) in [4.78, 5) is 12.2. The van der Waals surface area contributed by atoms with Crippen LogP contribution < -0.4 is 10.1 Å². The van der Waals surface area contributed by atoms with Crippen molar-refractivity contribution in [2.24, 2.45) is 0 Å². The minimum atomic E-state index is -0.216. The lowest BCUT2D eigenvalue weighted by Gasteiger charge is -2.05. The molecule has 0 fully saturated rings. The number of hydrogen-bond acceptors (Lipinski definition) is 3. The van der Waals surface area contributed by atoms with Gasteiger partial charge in [-0.1, -0.05) is 29.3 Å². The summed E-state index contributed by atoms with van der Waals surface area (Å²) in [6.45, 7) is 0.481. The molecule has 1 amide bonds. The van der Waals surface area contributed by atoms with E-state index >= 15 is 0 Å². The second-order valence-corrected chi connectivity index (χ2v) is 6.19. The molecule has 2 aromatic carbocycles. The fourth-order valence-electron chi connectivity index (χ4n) is 2.28. The van der Waals surface area contributed by atoms with E-state index in [0.29, 0.717) is 33.6 Å². The predicted octanol–water partition coefficient (Wildman–Crippen LogP) is 4.50. The molecular formula is C18H15Cl2N3O2. The maximum Gasteiger partial charge on any atom is 0.255 e. The maximum atomic E-state index is 12.2. The van der Waals surface area contributed by atoms with E-state index in [4.69, 9.17) is 27.9 Å². The normalized spacial score (nSPS) is 10.5. The Bertz CT molecular complexity index is 892. The van der Waals surface area contributed by atoms with E-state index in [0.717, 1.165) is 5.56 Å². The van der Waals surface area contributed by atoms with Gasteiger partial charge in [-0.3, -0.25) is 9.48 Å². The van der Waals surface area contributed by atoms with E-state index in [1.54, 1.807) is 60.6 Å². The van der Waals surface area contributed by atoms with Crippen molar-refractivity contribution >= 4 is 34.8 Å². The number of ether oxygens (including phenoxy) is 1. The molecule has 25 heavy (non-hydrogen) atoms. The molecule has 0 radical (unpaired) electrons. The third-order valence-electron chi connectivity index (χ3n) is 3.59. The van der Waals surface area contributed by atoms with Gasteiger partial charge >= 0.3 is 0 Å². The average molecular weight is 376 g/mol. The molecule has 0 aliphatic carbocycles. The number of benzene rings is 2. The van der Waals surface area contributed by atoms with E-state index in [-0.39, 0.29) is 5.91 Å². The van der Waals surface area contributed by atoms with Gasteiger partial charge in [0, 0.05) is 21.8 Å². The third-order valence-corrected chi connectivity index (χ3v) is 4.18. The number of aromatic nitrogens is 2. The average Bonchev–Trinajstić information content (AvgIpc) is 3.04. The first-order valence-electron chi connectivity index (χ1n) is 7.47. The summed E-state index contributed by atoms with van der Waals surface area (Å²) in [7, 11) is 1.58. The molecule has 0 saturated carbocycles. The van der Waals surface area contributed by atoms with Crippen LogP contribution >= 0.6 is 23.2 Å². The second-order valence-electron chi connectivity index (χ2n) is 5.34. The molecule has 0 aliphatic rings. The number of hydrogen-bond donors (Lipinski definition) is 1. The monoisotopic (exact) mass is 375 g/mol. The van der Waals surface area contributed by atoms with Crippen LogP contribution in [0.25, 0.3) is 0 Å². The van der Waals surface area contributed by atoms with Gasteiger partial charge in [0.15, 0.2) is 0 Å². The molecule has 1 aromatic heterocycles. The van der Waals surface area contributed by atoms with E-state index < -0.39 is 0 Å². The number of rotatable bonds is 5. The minimum absolute atomic E-state index is 0.216. The lowest BCUT2D eigenvalue weighted by Crippen LogP contribution is -2.11. The Kier molecular flexibility index (Phi) is 5.26. The fourth-order valence-corrected chi connectivity index (χ4v) is 2.75. The van der Waals surface area contributed by atoms with Gasteiger partial charge in [-0.05, 0) is 42.0 Å². The maximum absolute atomic E-state index is 12.2. The standard InChI is InChI=1S/C18H15Cl2N3O2/c1-25-16-6-3-12(4-7-16)18(24)22-15-9-21-23(11-15)10-13-2-5-14(19)8-17(13)20/h2-9,11H,10H2,1H3,(H,22,24). The first-order valence-corrected chi connectivity index (χ1v) is 8.22. The quantitative estimate of drug-likeness (QED) is 0.714. The molecule has 0 aliphatic heterocycles. The first-order chi connectivity index (χ1) is 12.0. The fraction of sp³-hybridized carbons (Fsp3) is 0.111. The molecule has 1 N–H and O–H groups in total. The van der Waals surface area contributed by atoms with Crippen LogP contribution in [0.2, 0.25) is 10.0 Å². The number of nitrogens with zero attached hydrogens (tertiary/aromatic N) is 2. The van der Waals surface area contributed by atoms with E-state index in [2.05, 4.69) is 10.4 Å². The largest absolute Gasteiger partial charge is 0.497 e. The highest BCUT2D eigenvalue weighted by Crippen LogP contribution is 2.22. The Labute approximate surface area is 155 Å². The van der Waals surface area contributed by atoms with Crippen molar-refractivity contribution in [3.8, 4) is 5.75 Å². The smallest absolute Gasteiger partial charge is 0.255 e. The first kappa shape index (κ1) is 17.3. The van der Waals surface area contributed by atoms with Gasteiger partial charge in [0.05, 0.1) is 25.5 Å². The van der Waals surface area contributed by atoms with E-state index in [1.165, 1.54) is 0 Å². The zero-order chi connectivity index (χ0) is 17.8. The van der Waals surface area contributed by atoms with Crippen LogP contribution in [-0.2, 0) is 6.54 Å². The second kappa shape index (κ2) is 7.59. The molecule has 1 heterocycles. The number of carbonyl (C=O) groups is 1. The number of carbonyl (C=O) groups excluding carboxylic acids is 1.